The third kappa shape index (κ3) is 4.57. The van der Waals surface area contributed by atoms with Gasteiger partial charge in [0.1, 0.15) is 0 Å². The Kier molecular flexibility index (Phi) is 5.81. The van der Waals surface area contributed by atoms with E-state index in [0.29, 0.717) is 15.6 Å². The number of nitrogens with zero attached hydrogens (tertiary/aromatic N) is 2. The summed E-state index contributed by atoms with van der Waals surface area (Å²) in [4.78, 5) is 22.9. The maximum atomic E-state index is 11.6. The molecule has 0 radical (unpaired) electrons. The van der Waals surface area contributed by atoms with Crippen molar-refractivity contribution in [3.8, 4) is 0 Å². The van der Waals surface area contributed by atoms with E-state index in [4.69, 9.17) is 23.2 Å². The summed E-state index contributed by atoms with van der Waals surface area (Å²) >= 11 is 13.1. The van der Waals surface area contributed by atoms with Crippen molar-refractivity contribution in [2.24, 2.45) is 10.2 Å². The van der Waals surface area contributed by atoms with Crippen molar-refractivity contribution in [2.45, 2.75) is 6.92 Å². The number of methoxy groups -OCH3 is 1. The first kappa shape index (κ1) is 17.5. The van der Waals surface area contributed by atoms with E-state index in [1.54, 1.807) is 12.1 Å². The van der Waals surface area contributed by atoms with Gasteiger partial charge in [-0.05, 0) is 36.4 Å². The molecule has 1 N–H and O–H groups in total. The van der Waals surface area contributed by atoms with Gasteiger partial charge in [0.15, 0.2) is 5.17 Å². The molecule has 1 heterocycles. The molecule has 9 heteroatoms. The third-order valence-electron chi connectivity index (χ3n) is 2.69. The molecular weight excluding hydrogens is 361 g/mol. The number of aryl methyl sites for hydroxylation is 1. The highest BCUT2D eigenvalue weighted by molar-refractivity contribution is 8.18. The Morgan fingerprint density at radius 2 is 2.13 bits per heavy atom. The molecule has 0 saturated carbocycles. The van der Waals surface area contributed by atoms with Crippen molar-refractivity contribution in [1.82, 2.24) is 5.32 Å². The number of halogens is 2. The van der Waals surface area contributed by atoms with Crippen LogP contribution in [0.1, 0.15) is 11.1 Å². The van der Waals surface area contributed by atoms with Crippen LogP contribution in [0, 0.1) is 6.92 Å². The molecule has 0 aromatic heterocycles. The highest BCUT2D eigenvalue weighted by atomic mass is 35.5. The molecule has 120 valence electrons. The molecular formula is C14H11Cl2N3O3S. The van der Waals surface area contributed by atoms with E-state index in [-0.39, 0.29) is 10.1 Å². The number of esters is 1. The maximum absolute atomic E-state index is 11.6. The molecule has 1 amide bonds. The van der Waals surface area contributed by atoms with E-state index in [1.807, 2.05) is 6.92 Å². The average molecular weight is 372 g/mol. The molecule has 1 saturated heterocycles. The van der Waals surface area contributed by atoms with Gasteiger partial charge in [-0.2, -0.15) is 5.10 Å². The van der Waals surface area contributed by atoms with Crippen molar-refractivity contribution < 1.29 is 14.3 Å². The Hall–Kier alpha value is -1.83. The monoisotopic (exact) mass is 371 g/mol. The van der Waals surface area contributed by atoms with Gasteiger partial charge in [0, 0.05) is 16.7 Å². The number of carbonyl (C=O) groups is 2. The zero-order valence-corrected chi connectivity index (χ0v) is 14.4. The number of amides is 1. The molecule has 0 spiro atoms. The summed E-state index contributed by atoms with van der Waals surface area (Å²) in [6.45, 7) is 1.83. The van der Waals surface area contributed by atoms with E-state index >= 15 is 0 Å². The Morgan fingerprint density at radius 3 is 2.83 bits per heavy atom. The minimum atomic E-state index is -0.617. The number of amidine groups is 1. The predicted octanol–water partition coefficient (Wildman–Crippen LogP) is 2.91. The fourth-order valence-electron chi connectivity index (χ4n) is 1.63. The highest BCUT2D eigenvalue weighted by Crippen LogP contribution is 2.25. The predicted molar refractivity (Wildman–Crippen MR) is 92.1 cm³/mol. The number of thioether (sulfide) groups is 1. The number of carbonyl (C=O) groups excluding carboxylic acids is 2. The van der Waals surface area contributed by atoms with Gasteiger partial charge in [-0.3, -0.25) is 10.1 Å². The second kappa shape index (κ2) is 7.63. The Bertz CT molecular complexity index is 760. The summed E-state index contributed by atoms with van der Waals surface area (Å²) in [6, 6.07) is 3.40. The summed E-state index contributed by atoms with van der Waals surface area (Å²) in [5.74, 6) is -1.06. The summed E-state index contributed by atoms with van der Waals surface area (Å²) in [7, 11) is 1.23. The molecule has 0 bridgehead atoms. The molecule has 1 fully saturated rings. The van der Waals surface area contributed by atoms with Crippen molar-refractivity contribution >= 4 is 58.2 Å². The number of rotatable bonds is 3. The van der Waals surface area contributed by atoms with Gasteiger partial charge < -0.3 is 4.74 Å². The van der Waals surface area contributed by atoms with Crippen LogP contribution in [0.15, 0.2) is 33.3 Å². The van der Waals surface area contributed by atoms with Crippen molar-refractivity contribution in [2.75, 3.05) is 7.11 Å². The standard InChI is InChI=1S/C14H11Cl2N3O3S/c1-7-3-9(15)4-8(12(7)16)6-17-19-14-18-13(21)10(23-14)5-11(20)22-2/h3-6H,1-2H3,(H,18,19,21)/b10-5+,17-6?. The number of benzene rings is 1. The lowest BCUT2D eigenvalue weighted by Gasteiger charge is -2.02. The first-order valence-corrected chi connectivity index (χ1v) is 7.83. The quantitative estimate of drug-likeness (QED) is 0.383. The van der Waals surface area contributed by atoms with Crippen molar-refractivity contribution in [1.29, 1.82) is 0 Å². The fourth-order valence-corrected chi connectivity index (χ4v) is 2.81. The minimum Gasteiger partial charge on any atom is -0.466 e. The lowest BCUT2D eigenvalue weighted by atomic mass is 10.1. The van der Waals surface area contributed by atoms with Gasteiger partial charge in [0.25, 0.3) is 5.91 Å². The molecule has 0 unspecified atom stereocenters. The van der Waals surface area contributed by atoms with E-state index in [1.165, 1.54) is 13.3 Å². The summed E-state index contributed by atoms with van der Waals surface area (Å²) in [5, 5.41) is 11.5. The van der Waals surface area contributed by atoms with Crippen LogP contribution in [0.25, 0.3) is 0 Å². The third-order valence-corrected chi connectivity index (χ3v) is 4.33. The number of nitrogens with one attached hydrogen (secondary N) is 1. The van der Waals surface area contributed by atoms with Crippen molar-refractivity contribution in [3.05, 3.63) is 44.3 Å². The normalized spacial score (nSPS) is 18.0. The van der Waals surface area contributed by atoms with Gasteiger partial charge >= 0.3 is 5.97 Å². The van der Waals surface area contributed by atoms with Crippen LogP contribution < -0.4 is 5.32 Å². The zero-order valence-electron chi connectivity index (χ0n) is 12.1. The summed E-state index contributed by atoms with van der Waals surface area (Å²) in [6.07, 6.45) is 2.52. The SMILES string of the molecule is COC(=O)/C=C1/S/C(=N\N=Cc2cc(Cl)cc(C)c2Cl)NC1=O. The molecule has 2 rings (SSSR count). The smallest absolute Gasteiger partial charge is 0.331 e. The number of ether oxygens (including phenoxy) is 1. The molecule has 1 aliphatic rings. The van der Waals surface area contributed by atoms with Gasteiger partial charge in [-0.25, -0.2) is 4.79 Å². The summed E-state index contributed by atoms with van der Waals surface area (Å²) in [5.41, 5.74) is 1.43. The molecule has 23 heavy (non-hydrogen) atoms. The van der Waals surface area contributed by atoms with Gasteiger partial charge in [0.2, 0.25) is 0 Å². The van der Waals surface area contributed by atoms with E-state index in [9.17, 15) is 9.59 Å². The van der Waals surface area contributed by atoms with E-state index in [0.717, 1.165) is 23.4 Å². The topological polar surface area (TPSA) is 80.1 Å². The minimum absolute atomic E-state index is 0.183. The first-order chi connectivity index (χ1) is 10.9. The Balaban J connectivity index is 2.14. The Morgan fingerprint density at radius 1 is 1.39 bits per heavy atom. The van der Waals surface area contributed by atoms with Crippen LogP contribution in [0.4, 0.5) is 0 Å². The largest absolute Gasteiger partial charge is 0.466 e. The maximum Gasteiger partial charge on any atom is 0.331 e. The zero-order chi connectivity index (χ0) is 17.0. The summed E-state index contributed by atoms with van der Waals surface area (Å²) < 4.78 is 4.46. The van der Waals surface area contributed by atoms with Crippen LogP contribution in [0.3, 0.4) is 0 Å². The van der Waals surface area contributed by atoms with E-state index in [2.05, 4.69) is 20.3 Å². The molecule has 1 aromatic rings. The Labute approximate surface area is 146 Å². The molecule has 0 atom stereocenters. The average Bonchev–Trinajstić information content (AvgIpc) is 2.84. The lowest BCUT2D eigenvalue weighted by Crippen LogP contribution is -2.19. The van der Waals surface area contributed by atoms with E-state index < -0.39 is 11.9 Å². The second-order valence-electron chi connectivity index (χ2n) is 4.36. The van der Waals surface area contributed by atoms with Gasteiger partial charge in [0.05, 0.1) is 23.3 Å². The van der Waals surface area contributed by atoms with Crippen LogP contribution in [0.2, 0.25) is 10.0 Å². The molecule has 0 aliphatic carbocycles. The van der Waals surface area contributed by atoms with Crippen LogP contribution in [0.5, 0.6) is 0 Å². The van der Waals surface area contributed by atoms with Crippen LogP contribution in [-0.2, 0) is 14.3 Å². The molecule has 1 aliphatic heterocycles. The van der Waals surface area contributed by atoms with Gasteiger partial charge in [-0.15, -0.1) is 5.10 Å². The second-order valence-corrected chi connectivity index (χ2v) is 6.21. The number of hydrogen-bond donors (Lipinski definition) is 1. The lowest BCUT2D eigenvalue weighted by molar-refractivity contribution is -0.135. The highest BCUT2D eigenvalue weighted by Gasteiger charge is 2.24. The fraction of sp³-hybridized carbons (Fsp3) is 0.143. The number of hydrogen-bond acceptors (Lipinski definition) is 6. The van der Waals surface area contributed by atoms with Crippen LogP contribution in [-0.4, -0.2) is 30.4 Å². The van der Waals surface area contributed by atoms with Crippen LogP contribution >= 0.6 is 35.0 Å². The van der Waals surface area contributed by atoms with Gasteiger partial charge in [-0.1, -0.05) is 23.2 Å². The molecule has 6 nitrogen and oxygen atoms in total. The first-order valence-electron chi connectivity index (χ1n) is 6.26. The van der Waals surface area contributed by atoms with Crippen molar-refractivity contribution in [3.63, 3.8) is 0 Å². The molecule has 1 aromatic carbocycles.